The highest BCUT2D eigenvalue weighted by molar-refractivity contribution is 5.52. The van der Waals surface area contributed by atoms with Crippen LogP contribution in [0.25, 0.3) is 17.4 Å². The molecule has 0 radical (unpaired) electrons. The predicted molar refractivity (Wildman–Crippen MR) is 67.2 cm³/mol. The van der Waals surface area contributed by atoms with E-state index in [2.05, 4.69) is 10.1 Å². The molecule has 6 heteroatoms. The SMILES string of the molecule is Cc1nc2n(C)c(-c3ccco3)nn2c1CCN. The molecule has 3 heterocycles. The zero-order valence-electron chi connectivity index (χ0n) is 10.4. The van der Waals surface area contributed by atoms with E-state index in [1.807, 2.05) is 35.2 Å². The molecule has 3 rings (SSSR count). The van der Waals surface area contributed by atoms with Crippen LogP contribution in [0.4, 0.5) is 0 Å². The Morgan fingerprint density at radius 3 is 2.94 bits per heavy atom. The van der Waals surface area contributed by atoms with E-state index in [0.29, 0.717) is 6.54 Å². The minimum absolute atomic E-state index is 0.585. The van der Waals surface area contributed by atoms with Gasteiger partial charge in [0.2, 0.25) is 5.78 Å². The topological polar surface area (TPSA) is 74.3 Å². The molecule has 0 bridgehead atoms. The second-order valence-electron chi connectivity index (χ2n) is 4.25. The van der Waals surface area contributed by atoms with Crippen molar-refractivity contribution in [2.24, 2.45) is 12.8 Å². The van der Waals surface area contributed by atoms with Gasteiger partial charge in [0.25, 0.3) is 0 Å². The van der Waals surface area contributed by atoms with Gasteiger partial charge in [0, 0.05) is 13.5 Å². The fourth-order valence-corrected chi connectivity index (χ4v) is 2.16. The maximum absolute atomic E-state index is 5.62. The van der Waals surface area contributed by atoms with Gasteiger partial charge >= 0.3 is 0 Å². The lowest BCUT2D eigenvalue weighted by Gasteiger charge is -1.96. The Kier molecular flexibility index (Phi) is 2.45. The molecule has 2 N–H and O–H groups in total. The van der Waals surface area contributed by atoms with E-state index in [0.717, 1.165) is 35.2 Å². The Hall–Kier alpha value is -2.08. The summed E-state index contributed by atoms with van der Waals surface area (Å²) in [6.07, 6.45) is 2.40. The monoisotopic (exact) mass is 245 g/mol. The minimum Gasteiger partial charge on any atom is -0.461 e. The van der Waals surface area contributed by atoms with E-state index in [1.165, 1.54) is 0 Å². The van der Waals surface area contributed by atoms with E-state index < -0.39 is 0 Å². The standard InChI is InChI=1S/C12H15N5O/c1-8-9(5-6-13)17-12(14-8)16(2)11(15-17)10-4-3-7-18-10/h3-4,7H,5-6,13H2,1-2H3. The molecule has 0 unspecified atom stereocenters. The largest absolute Gasteiger partial charge is 0.461 e. The first-order chi connectivity index (χ1) is 8.72. The number of hydrogen-bond donors (Lipinski definition) is 1. The Morgan fingerprint density at radius 2 is 2.28 bits per heavy atom. The number of furan rings is 1. The Balaban J connectivity index is 2.23. The van der Waals surface area contributed by atoms with E-state index in [4.69, 9.17) is 10.2 Å². The summed E-state index contributed by atoms with van der Waals surface area (Å²) in [5.74, 6) is 2.31. The molecule has 0 spiro atoms. The van der Waals surface area contributed by atoms with Gasteiger partial charge in [-0.1, -0.05) is 0 Å². The first kappa shape index (κ1) is 11.0. The average Bonchev–Trinajstić information content (AvgIpc) is 3.02. The summed E-state index contributed by atoms with van der Waals surface area (Å²) in [6.45, 7) is 2.56. The van der Waals surface area contributed by atoms with Crippen LogP contribution in [0, 0.1) is 6.92 Å². The van der Waals surface area contributed by atoms with E-state index >= 15 is 0 Å². The zero-order valence-corrected chi connectivity index (χ0v) is 10.4. The van der Waals surface area contributed by atoms with Crippen LogP contribution < -0.4 is 5.73 Å². The van der Waals surface area contributed by atoms with Gasteiger partial charge in [-0.25, -0.2) is 9.50 Å². The molecule has 0 saturated heterocycles. The molecule has 0 aromatic carbocycles. The van der Waals surface area contributed by atoms with Gasteiger partial charge in [-0.05, 0) is 25.6 Å². The maximum atomic E-state index is 5.62. The third kappa shape index (κ3) is 1.46. The fraction of sp³-hybridized carbons (Fsp3) is 0.333. The highest BCUT2D eigenvalue weighted by Crippen LogP contribution is 2.21. The molecule has 0 aliphatic carbocycles. The minimum atomic E-state index is 0.585. The fourth-order valence-electron chi connectivity index (χ4n) is 2.16. The lowest BCUT2D eigenvalue weighted by Crippen LogP contribution is -2.06. The Labute approximate surface area is 104 Å². The smallest absolute Gasteiger partial charge is 0.232 e. The van der Waals surface area contributed by atoms with Crippen LogP contribution in [0.2, 0.25) is 0 Å². The van der Waals surface area contributed by atoms with Crippen molar-refractivity contribution in [2.45, 2.75) is 13.3 Å². The molecule has 0 fully saturated rings. The number of imidazole rings is 1. The molecule has 0 atom stereocenters. The number of fused-ring (bicyclic) bond motifs is 1. The van der Waals surface area contributed by atoms with Crippen molar-refractivity contribution >= 4 is 5.78 Å². The summed E-state index contributed by atoms with van der Waals surface area (Å²) < 4.78 is 9.15. The lowest BCUT2D eigenvalue weighted by molar-refractivity contribution is 0.573. The summed E-state index contributed by atoms with van der Waals surface area (Å²) in [5.41, 5.74) is 7.66. The number of nitrogens with zero attached hydrogens (tertiary/aromatic N) is 4. The van der Waals surface area contributed by atoms with Crippen LogP contribution in [0.3, 0.4) is 0 Å². The molecule has 6 nitrogen and oxygen atoms in total. The lowest BCUT2D eigenvalue weighted by atomic mass is 10.3. The molecule has 0 saturated carbocycles. The zero-order chi connectivity index (χ0) is 12.7. The van der Waals surface area contributed by atoms with Crippen molar-refractivity contribution in [1.29, 1.82) is 0 Å². The average molecular weight is 245 g/mol. The van der Waals surface area contributed by atoms with Crippen molar-refractivity contribution in [1.82, 2.24) is 19.2 Å². The third-order valence-corrected chi connectivity index (χ3v) is 3.07. The first-order valence-electron chi connectivity index (χ1n) is 5.87. The van der Waals surface area contributed by atoms with Crippen molar-refractivity contribution in [3.05, 3.63) is 29.8 Å². The van der Waals surface area contributed by atoms with Crippen molar-refractivity contribution in [2.75, 3.05) is 6.54 Å². The molecule has 0 aliphatic rings. The molecule has 0 aliphatic heterocycles. The second-order valence-corrected chi connectivity index (χ2v) is 4.25. The predicted octanol–water partition coefficient (Wildman–Crippen LogP) is 1.14. The van der Waals surface area contributed by atoms with Crippen LogP contribution in [0.1, 0.15) is 11.4 Å². The van der Waals surface area contributed by atoms with Gasteiger partial charge in [0.1, 0.15) is 0 Å². The Morgan fingerprint density at radius 1 is 1.44 bits per heavy atom. The summed E-state index contributed by atoms with van der Waals surface area (Å²) in [6, 6.07) is 3.73. The van der Waals surface area contributed by atoms with Gasteiger partial charge in [-0.3, -0.25) is 4.57 Å². The summed E-state index contributed by atoms with van der Waals surface area (Å²) in [7, 11) is 1.93. The van der Waals surface area contributed by atoms with E-state index in [-0.39, 0.29) is 0 Å². The maximum Gasteiger partial charge on any atom is 0.232 e. The van der Waals surface area contributed by atoms with Crippen molar-refractivity contribution in [3.63, 3.8) is 0 Å². The molecule has 0 amide bonds. The summed E-state index contributed by atoms with van der Waals surface area (Å²) >= 11 is 0. The van der Waals surface area contributed by atoms with Crippen molar-refractivity contribution < 1.29 is 4.42 Å². The first-order valence-corrected chi connectivity index (χ1v) is 5.87. The van der Waals surface area contributed by atoms with Gasteiger partial charge < -0.3 is 10.2 Å². The second kappa shape index (κ2) is 3.99. The molecule has 3 aromatic heterocycles. The molecule has 3 aromatic rings. The van der Waals surface area contributed by atoms with Crippen LogP contribution in [-0.2, 0) is 13.5 Å². The number of aryl methyl sites for hydroxylation is 2. The highest BCUT2D eigenvalue weighted by atomic mass is 16.3. The summed E-state index contributed by atoms with van der Waals surface area (Å²) in [4.78, 5) is 4.53. The van der Waals surface area contributed by atoms with E-state index in [9.17, 15) is 0 Å². The van der Waals surface area contributed by atoms with Gasteiger partial charge in [0.15, 0.2) is 11.6 Å². The molecule has 94 valence electrons. The van der Waals surface area contributed by atoms with Gasteiger partial charge in [0.05, 0.1) is 17.7 Å². The molecular weight excluding hydrogens is 230 g/mol. The quantitative estimate of drug-likeness (QED) is 0.750. The van der Waals surface area contributed by atoms with Gasteiger partial charge in [-0.15, -0.1) is 5.10 Å². The number of rotatable bonds is 3. The van der Waals surface area contributed by atoms with Crippen LogP contribution >= 0.6 is 0 Å². The van der Waals surface area contributed by atoms with E-state index in [1.54, 1.807) is 6.26 Å². The van der Waals surface area contributed by atoms with Crippen molar-refractivity contribution in [3.8, 4) is 11.6 Å². The molecule has 18 heavy (non-hydrogen) atoms. The van der Waals surface area contributed by atoms with Crippen LogP contribution in [-0.4, -0.2) is 25.7 Å². The number of nitrogens with two attached hydrogens (primary N) is 1. The normalized spacial score (nSPS) is 11.5. The third-order valence-electron chi connectivity index (χ3n) is 3.07. The highest BCUT2D eigenvalue weighted by Gasteiger charge is 2.17. The summed E-state index contributed by atoms with van der Waals surface area (Å²) in [5, 5.41) is 4.56. The molecular formula is C12H15N5O. The van der Waals surface area contributed by atoms with Crippen LogP contribution in [0.15, 0.2) is 22.8 Å². The van der Waals surface area contributed by atoms with Crippen LogP contribution in [0.5, 0.6) is 0 Å². The van der Waals surface area contributed by atoms with Gasteiger partial charge in [-0.2, -0.15) is 0 Å². The number of aromatic nitrogens is 4. The Bertz CT molecular complexity index is 677. The number of hydrogen-bond acceptors (Lipinski definition) is 4.